The summed E-state index contributed by atoms with van der Waals surface area (Å²) >= 11 is 0. The second-order valence-corrected chi connectivity index (χ2v) is 7.06. The van der Waals surface area contributed by atoms with Crippen LogP contribution in [0.5, 0.6) is 0 Å². The molecular weight excluding hydrogens is 276 g/mol. The van der Waals surface area contributed by atoms with Crippen molar-refractivity contribution < 1.29 is 13.2 Å². The Bertz CT molecular complexity index is 518. The molecule has 1 aromatic rings. The van der Waals surface area contributed by atoms with Gasteiger partial charge < -0.3 is 9.64 Å². The highest BCUT2D eigenvalue weighted by Gasteiger charge is 2.31. The number of nitrogens with zero attached hydrogens (tertiary/aromatic N) is 1. The van der Waals surface area contributed by atoms with Crippen LogP contribution in [0.3, 0.4) is 0 Å². The Hall–Kier alpha value is -1.11. The van der Waals surface area contributed by atoms with E-state index in [9.17, 15) is 8.42 Å². The van der Waals surface area contributed by atoms with Gasteiger partial charge in [-0.25, -0.2) is 13.1 Å². The second kappa shape index (κ2) is 6.56. The molecule has 5 nitrogen and oxygen atoms in total. The minimum atomic E-state index is -3.18. The van der Waals surface area contributed by atoms with Gasteiger partial charge >= 0.3 is 0 Å². The normalized spacial score (nSPS) is 23.8. The van der Waals surface area contributed by atoms with E-state index < -0.39 is 10.0 Å². The summed E-state index contributed by atoms with van der Waals surface area (Å²) < 4.78 is 30.8. The van der Waals surface area contributed by atoms with Crippen LogP contribution in [-0.4, -0.2) is 47.5 Å². The van der Waals surface area contributed by atoms with E-state index in [-0.39, 0.29) is 12.0 Å². The zero-order valence-corrected chi connectivity index (χ0v) is 12.8. The van der Waals surface area contributed by atoms with Crippen molar-refractivity contribution in [3.8, 4) is 0 Å². The van der Waals surface area contributed by atoms with Crippen LogP contribution in [0.2, 0.25) is 0 Å². The highest BCUT2D eigenvalue weighted by atomic mass is 32.2. The minimum Gasteiger partial charge on any atom is -0.384 e. The number of hydrogen-bond acceptors (Lipinski definition) is 4. The van der Waals surface area contributed by atoms with Gasteiger partial charge in [0.1, 0.15) is 0 Å². The monoisotopic (exact) mass is 298 g/mol. The number of hydrogen-bond donors (Lipinski definition) is 1. The van der Waals surface area contributed by atoms with Crippen LogP contribution in [0.4, 0.5) is 5.69 Å². The molecule has 0 aliphatic carbocycles. The first-order valence-corrected chi connectivity index (χ1v) is 8.65. The third-order valence-corrected chi connectivity index (χ3v) is 4.33. The Labute approximate surface area is 121 Å². The molecule has 112 valence electrons. The van der Waals surface area contributed by atoms with Crippen molar-refractivity contribution in [3.63, 3.8) is 0 Å². The molecule has 2 rings (SSSR count). The van der Waals surface area contributed by atoms with Crippen LogP contribution in [0.15, 0.2) is 30.3 Å². The fraction of sp³-hybridized carbons (Fsp3) is 0.571. The fourth-order valence-corrected chi connectivity index (χ4v) is 3.58. The van der Waals surface area contributed by atoms with Crippen LogP contribution in [0.1, 0.15) is 6.42 Å². The van der Waals surface area contributed by atoms with Crippen LogP contribution < -0.4 is 9.62 Å². The van der Waals surface area contributed by atoms with Crippen molar-refractivity contribution in [1.82, 2.24) is 4.72 Å². The summed E-state index contributed by atoms with van der Waals surface area (Å²) in [6.07, 6.45) is 2.00. The highest BCUT2D eigenvalue weighted by Crippen LogP contribution is 2.24. The van der Waals surface area contributed by atoms with E-state index in [1.165, 1.54) is 11.9 Å². The number of rotatable bonds is 5. The number of para-hydroxylation sites is 1. The lowest BCUT2D eigenvalue weighted by Gasteiger charge is -2.39. The molecule has 1 aliphatic rings. The van der Waals surface area contributed by atoms with Crippen LogP contribution in [0, 0.1) is 5.92 Å². The van der Waals surface area contributed by atoms with Gasteiger partial charge in [0.25, 0.3) is 0 Å². The number of benzene rings is 1. The summed E-state index contributed by atoms with van der Waals surface area (Å²) in [7, 11) is -1.53. The Balaban J connectivity index is 2.07. The first-order chi connectivity index (χ1) is 9.49. The quantitative estimate of drug-likeness (QED) is 0.883. The zero-order valence-electron chi connectivity index (χ0n) is 12.0. The lowest BCUT2D eigenvalue weighted by Crippen LogP contribution is -2.52. The molecule has 1 fully saturated rings. The van der Waals surface area contributed by atoms with Gasteiger partial charge in [0.05, 0.1) is 12.9 Å². The summed E-state index contributed by atoms with van der Waals surface area (Å²) in [5, 5.41) is 0. The SMILES string of the molecule is COCC1CN(c2ccccc2)CCC1NS(C)(=O)=O. The Kier molecular flexibility index (Phi) is 5.01. The molecule has 1 aromatic carbocycles. The maximum absolute atomic E-state index is 11.4. The number of nitrogens with one attached hydrogen (secondary N) is 1. The number of methoxy groups -OCH3 is 1. The molecule has 6 heteroatoms. The van der Waals surface area contributed by atoms with E-state index >= 15 is 0 Å². The Morgan fingerprint density at radius 2 is 2.05 bits per heavy atom. The summed E-state index contributed by atoms with van der Waals surface area (Å²) in [6.45, 7) is 2.19. The van der Waals surface area contributed by atoms with Crippen LogP contribution >= 0.6 is 0 Å². The van der Waals surface area contributed by atoms with E-state index in [1.54, 1.807) is 7.11 Å². The van der Waals surface area contributed by atoms with E-state index in [1.807, 2.05) is 18.2 Å². The lowest BCUT2D eigenvalue weighted by molar-refractivity contribution is 0.128. The van der Waals surface area contributed by atoms with E-state index in [0.29, 0.717) is 6.61 Å². The molecule has 0 amide bonds. The minimum absolute atomic E-state index is 0.0510. The average molecular weight is 298 g/mol. The average Bonchev–Trinajstić information content (AvgIpc) is 2.40. The predicted molar refractivity (Wildman–Crippen MR) is 80.4 cm³/mol. The molecule has 0 spiro atoms. The van der Waals surface area contributed by atoms with E-state index in [0.717, 1.165) is 19.5 Å². The maximum atomic E-state index is 11.4. The standard InChI is InChI=1S/C14H22N2O3S/c1-19-11-12-10-16(13-6-4-3-5-7-13)9-8-14(12)15-20(2,17)18/h3-7,12,14-15H,8-11H2,1-2H3. The van der Waals surface area contributed by atoms with Crippen molar-refractivity contribution in [2.75, 3.05) is 38.0 Å². The Morgan fingerprint density at radius 3 is 2.65 bits per heavy atom. The smallest absolute Gasteiger partial charge is 0.208 e. The van der Waals surface area contributed by atoms with Crippen molar-refractivity contribution >= 4 is 15.7 Å². The maximum Gasteiger partial charge on any atom is 0.208 e. The van der Waals surface area contributed by atoms with Crippen molar-refractivity contribution in [2.45, 2.75) is 12.5 Å². The predicted octanol–water partition coefficient (Wildman–Crippen LogP) is 1.08. The topological polar surface area (TPSA) is 58.6 Å². The molecule has 0 aromatic heterocycles. The lowest BCUT2D eigenvalue weighted by atomic mass is 9.93. The number of piperidine rings is 1. The number of sulfonamides is 1. The van der Waals surface area contributed by atoms with E-state index in [2.05, 4.69) is 21.8 Å². The molecule has 2 unspecified atom stereocenters. The van der Waals surface area contributed by atoms with Gasteiger partial charge in [0.15, 0.2) is 0 Å². The molecule has 2 atom stereocenters. The van der Waals surface area contributed by atoms with Gasteiger partial charge in [-0.3, -0.25) is 0 Å². The molecule has 1 heterocycles. The summed E-state index contributed by atoms with van der Waals surface area (Å²) in [5.74, 6) is 0.156. The summed E-state index contributed by atoms with van der Waals surface area (Å²) in [5.41, 5.74) is 1.17. The molecule has 0 radical (unpaired) electrons. The highest BCUT2D eigenvalue weighted by molar-refractivity contribution is 7.88. The summed E-state index contributed by atoms with van der Waals surface area (Å²) in [6, 6.07) is 10.1. The number of anilines is 1. The van der Waals surface area contributed by atoms with Gasteiger partial charge in [0, 0.05) is 37.8 Å². The first kappa shape index (κ1) is 15.3. The molecule has 1 aliphatic heterocycles. The van der Waals surface area contributed by atoms with Gasteiger partial charge in [-0.1, -0.05) is 18.2 Å². The fourth-order valence-electron chi connectivity index (χ4n) is 2.72. The van der Waals surface area contributed by atoms with Crippen LogP contribution in [-0.2, 0) is 14.8 Å². The molecule has 1 saturated heterocycles. The zero-order chi connectivity index (χ0) is 14.6. The molecule has 1 N–H and O–H groups in total. The first-order valence-electron chi connectivity index (χ1n) is 6.76. The molecule has 0 bridgehead atoms. The molecule has 0 saturated carbocycles. The van der Waals surface area contributed by atoms with Gasteiger partial charge in [-0.05, 0) is 18.6 Å². The second-order valence-electron chi connectivity index (χ2n) is 5.28. The number of ether oxygens (including phenoxy) is 1. The van der Waals surface area contributed by atoms with Crippen LogP contribution in [0.25, 0.3) is 0 Å². The van der Waals surface area contributed by atoms with Gasteiger partial charge in [-0.2, -0.15) is 0 Å². The molecular formula is C14H22N2O3S. The van der Waals surface area contributed by atoms with Crippen molar-refractivity contribution in [1.29, 1.82) is 0 Å². The van der Waals surface area contributed by atoms with Crippen molar-refractivity contribution in [3.05, 3.63) is 30.3 Å². The Morgan fingerprint density at radius 1 is 1.35 bits per heavy atom. The largest absolute Gasteiger partial charge is 0.384 e. The van der Waals surface area contributed by atoms with Crippen molar-refractivity contribution in [2.24, 2.45) is 5.92 Å². The van der Waals surface area contributed by atoms with Gasteiger partial charge in [0.2, 0.25) is 10.0 Å². The van der Waals surface area contributed by atoms with Gasteiger partial charge in [-0.15, -0.1) is 0 Å². The third kappa shape index (κ3) is 4.19. The third-order valence-electron chi connectivity index (χ3n) is 3.60. The summed E-state index contributed by atoms with van der Waals surface area (Å²) in [4.78, 5) is 2.28. The molecule has 20 heavy (non-hydrogen) atoms. The van der Waals surface area contributed by atoms with E-state index in [4.69, 9.17) is 4.74 Å².